The van der Waals surface area contributed by atoms with E-state index in [9.17, 15) is 4.79 Å². The molecule has 0 saturated carbocycles. The van der Waals surface area contributed by atoms with E-state index in [1.165, 1.54) is 0 Å². The first-order valence-corrected chi connectivity index (χ1v) is 3.92. The number of carbonyl (C=O) groups is 1. The van der Waals surface area contributed by atoms with Gasteiger partial charge in [-0.3, -0.25) is 0 Å². The number of aliphatic hydroxyl groups is 1. The fraction of sp³-hybridized carbons (Fsp3) is 0.875. The molecule has 3 N–H and O–H groups in total. The summed E-state index contributed by atoms with van der Waals surface area (Å²) in [6.07, 6.45) is -0.715. The Bertz CT molecular complexity index is 151. The summed E-state index contributed by atoms with van der Waals surface area (Å²) in [5.41, 5.74) is 4.83. The Hall–Kier alpha value is -0.770. The van der Waals surface area contributed by atoms with Crippen LogP contribution in [0.1, 0.15) is 27.2 Å². The molecule has 0 aliphatic carbocycles. The van der Waals surface area contributed by atoms with Crippen LogP contribution in [0, 0.1) is 5.41 Å². The SMILES string of the molecule is CC(C)(C)CC(CO)OC(N)=O. The molecule has 0 aromatic rings. The van der Waals surface area contributed by atoms with Gasteiger partial charge in [0.25, 0.3) is 0 Å². The molecule has 0 bridgehead atoms. The summed E-state index contributed by atoms with van der Waals surface area (Å²) < 4.78 is 4.66. The van der Waals surface area contributed by atoms with Gasteiger partial charge in [-0.1, -0.05) is 20.8 Å². The molecule has 4 nitrogen and oxygen atoms in total. The van der Waals surface area contributed by atoms with Crippen molar-refractivity contribution in [2.75, 3.05) is 6.61 Å². The van der Waals surface area contributed by atoms with E-state index in [4.69, 9.17) is 10.8 Å². The average Bonchev–Trinajstić information content (AvgIpc) is 1.82. The maximum Gasteiger partial charge on any atom is 0.404 e. The molecule has 1 unspecified atom stereocenters. The molecule has 12 heavy (non-hydrogen) atoms. The topological polar surface area (TPSA) is 72.6 Å². The third kappa shape index (κ3) is 5.97. The number of aliphatic hydroxyl groups excluding tert-OH is 1. The minimum Gasteiger partial charge on any atom is -0.444 e. The molecular weight excluding hydrogens is 158 g/mol. The fourth-order valence-electron chi connectivity index (χ4n) is 0.991. The van der Waals surface area contributed by atoms with Gasteiger partial charge in [-0.2, -0.15) is 0 Å². The maximum atomic E-state index is 10.3. The van der Waals surface area contributed by atoms with E-state index in [1.54, 1.807) is 0 Å². The van der Waals surface area contributed by atoms with Crippen molar-refractivity contribution >= 4 is 6.09 Å². The van der Waals surface area contributed by atoms with Crippen LogP contribution < -0.4 is 5.73 Å². The van der Waals surface area contributed by atoms with E-state index in [1.807, 2.05) is 20.8 Å². The largest absolute Gasteiger partial charge is 0.444 e. The van der Waals surface area contributed by atoms with Gasteiger partial charge in [0.1, 0.15) is 6.10 Å². The Morgan fingerprint density at radius 3 is 2.33 bits per heavy atom. The lowest BCUT2D eigenvalue weighted by Gasteiger charge is -2.23. The van der Waals surface area contributed by atoms with Gasteiger partial charge in [0.05, 0.1) is 6.61 Å². The van der Waals surface area contributed by atoms with Crippen molar-refractivity contribution < 1.29 is 14.6 Å². The first kappa shape index (κ1) is 11.2. The van der Waals surface area contributed by atoms with Crippen molar-refractivity contribution in [1.82, 2.24) is 0 Å². The molecule has 1 amide bonds. The van der Waals surface area contributed by atoms with Gasteiger partial charge in [0.15, 0.2) is 0 Å². The van der Waals surface area contributed by atoms with Crippen LogP contribution in [-0.4, -0.2) is 23.9 Å². The summed E-state index contributed by atoms with van der Waals surface area (Å²) in [6.45, 7) is 5.82. The maximum absolute atomic E-state index is 10.3. The monoisotopic (exact) mass is 175 g/mol. The number of primary amides is 1. The van der Waals surface area contributed by atoms with E-state index in [2.05, 4.69) is 4.74 Å². The van der Waals surface area contributed by atoms with E-state index >= 15 is 0 Å². The Morgan fingerprint density at radius 1 is 1.58 bits per heavy atom. The molecule has 0 aromatic carbocycles. The lowest BCUT2D eigenvalue weighted by atomic mass is 9.89. The van der Waals surface area contributed by atoms with Crippen molar-refractivity contribution in [2.24, 2.45) is 11.1 Å². The molecule has 0 aliphatic heterocycles. The zero-order chi connectivity index (χ0) is 9.78. The first-order chi connectivity index (χ1) is 5.35. The Labute approximate surface area is 72.7 Å². The standard InChI is InChI=1S/C8H17NO3/c1-8(2,3)4-6(5-10)12-7(9)11/h6,10H,4-5H2,1-3H3,(H2,9,11). The van der Waals surface area contributed by atoms with Crippen LogP contribution in [0.25, 0.3) is 0 Å². The molecule has 0 heterocycles. The normalized spacial score (nSPS) is 14.0. The molecule has 0 aliphatic rings. The zero-order valence-corrected chi connectivity index (χ0v) is 7.83. The summed E-state index contributed by atoms with van der Waals surface area (Å²) in [4.78, 5) is 10.3. The molecule has 72 valence electrons. The number of amides is 1. The van der Waals surface area contributed by atoms with Gasteiger partial charge in [-0.05, 0) is 11.8 Å². The lowest BCUT2D eigenvalue weighted by Crippen LogP contribution is -2.29. The number of carbonyl (C=O) groups excluding carboxylic acids is 1. The number of rotatable bonds is 3. The van der Waals surface area contributed by atoms with Crippen LogP contribution in [0.3, 0.4) is 0 Å². The molecule has 0 spiro atoms. The minimum atomic E-state index is -0.835. The fourth-order valence-corrected chi connectivity index (χ4v) is 0.991. The second kappa shape index (κ2) is 4.30. The smallest absolute Gasteiger partial charge is 0.404 e. The summed E-state index contributed by atoms with van der Waals surface area (Å²) >= 11 is 0. The summed E-state index contributed by atoms with van der Waals surface area (Å²) in [7, 11) is 0. The summed E-state index contributed by atoms with van der Waals surface area (Å²) in [5, 5.41) is 8.81. The van der Waals surface area contributed by atoms with Crippen molar-refractivity contribution in [3.63, 3.8) is 0 Å². The predicted molar refractivity (Wildman–Crippen MR) is 45.6 cm³/mol. The van der Waals surface area contributed by atoms with E-state index < -0.39 is 12.2 Å². The van der Waals surface area contributed by atoms with Crippen molar-refractivity contribution in [1.29, 1.82) is 0 Å². The molecule has 1 atom stereocenters. The summed E-state index contributed by atoms with van der Waals surface area (Å²) in [5.74, 6) is 0. The van der Waals surface area contributed by atoms with Crippen LogP contribution >= 0.6 is 0 Å². The van der Waals surface area contributed by atoms with Gasteiger partial charge < -0.3 is 15.6 Å². The second-order valence-electron chi connectivity index (χ2n) is 4.01. The van der Waals surface area contributed by atoms with Crippen LogP contribution in [-0.2, 0) is 4.74 Å². The predicted octanol–water partition coefficient (Wildman–Crippen LogP) is 0.879. The third-order valence-electron chi connectivity index (χ3n) is 1.33. The van der Waals surface area contributed by atoms with Gasteiger partial charge in [0.2, 0.25) is 0 Å². The van der Waals surface area contributed by atoms with Crippen molar-refractivity contribution in [2.45, 2.75) is 33.3 Å². The number of hydrogen-bond acceptors (Lipinski definition) is 3. The molecule has 0 saturated heterocycles. The van der Waals surface area contributed by atoms with Crippen molar-refractivity contribution in [3.8, 4) is 0 Å². The van der Waals surface area contributed by atoms with Gasteiger partial charge in [-0.15, -0.1) is 0 Å². The number of nitrogens with two attached hydrogens (primary N) is 1. The average molecular weight is 175 g/mol. The van der Waals surface area contributed by atoms with Crippen LogP contribution in [0.5, 0.6) is 0 Å². The van der Waals surface area contributed by atoms with Crippen LogP contribution in [0.4, 0.5) is 4.79 Å². The first-order valence-electron chi connectivity index (χ1n) is 3.92. The molecule has 0 fully saturated rings. The Balaban J connectivity index is 3.92. The highest BCUT2D eigenvalue weighted by Gasteiger charge is 2.20. The van der Waals surface area contributed by atoms with E-state index in [-0.39, 0.29) is 12.0 Å². The van der Waals surface area contributed by atoms with E-state index in [0.717, 1.165) is 0 Å². The molecule has 0 radical (unpaired) electrons. The highest BCUT2D eigenvalue weighted by atomic mass is 16.6. The Morgan fingerprint density at radius 2 is 2.08 bits per heavy atom. The van der Waals surface area contributed by atoms with Gasteiger partial charge >= 0.3 is 6.09 Å². The third-order valence-corrected chi connectivity index (χ3v) is 1.33. The minimum absolute atomic E-state index is 0.0167. The van der Waals surface area contributed by atoms with Crippen LogP contribution in [0.15, 0.2) is 0 Å². The highest BCUT2D eigenvalue weighted by Crippen LogP contribution is 2.21. The highest BCUT2D eigenvalue weighted by molar-refractivity contribution is 5.64. The zero-order valence-electron chi connectivity index (χ0n) is 7.83. The summed E-state index contributed by atoms with van der Waals surface area (Å²) in [6, 6.07) is 0. The Kier molecular flexibility index (Phi) is 4.03. The lowest BCUT2D eigenvalue weighted by molar-refractivity contribution is 0.0390. The van der Waals surface area contributed by atoms with E-state index in [0.29, 0.717) is 6.42 Å². The molecule has 0 rings (SSSR count). The molecular formula is C8H17NO3. The molecule has 4 heteroatoms. The second-order valence-corrected chi connectivity index (χ2v) is 4.01. The van der Waals surface area contributed by atoms with Gasteiger partial charge in [-0.25, -0.2) is 4.79 Å². The quantitative estimate of drug-likeness (QED) is 0.668. The number of hydrogen-bond donors (Lipinski definition) is 2. The van der Waals surface area contributed by atoms with Gasteiger partial charge in [0, 0.05) is 0 Å². The number of ether oxygens (including phenoxy) is 1. The van der Waals surface area contributed by atoms with Crippen LogP contribution in [0.2, 0.25) is 0 Å². The van der Waals surface area contributed by atoms with Crippen molar-refractivity contribution in [3.05, 3.63) is 0 Å². The molecule has 0 aromatic heterocycles.